The number of amides is 1. The second-order valence-corrected chi connectivity index (χ2v) is 5.60. The van der Waals surface area contributed by atoms with Gasteiger partial charge in [0.05, 0.1) is 12.2 Å². The lowest BCUT2D eigenvalue weighted by Crippen LogP contribution is -2.37. The van der Waals surface area contributed by atoms with E-state index in [1.54, 1.807) is 12.1 Å². The maximum absolute atomic E-state index is 12.4. The van der Waals surface area contributed by atoms with Crippen molar-refractivity contribution in [1.82, 2.24) is 5.32 Å². The molecule has 5 heteroatoms. The number of para-hydroxylation sites is 1. The monoisotopic (exact) mass is 311 g/mol. The van der Waals surface area contributed by atoms with E-state index >= 15 is 0 Å². The Balaban J connectivity index is 1.73. The minimum Gasteiger partial charge on any atom is -0.493 e. The number of aromatic carboxylic acids is 1. The fourth-order valence-electron chi connectivity index (χ4n) is 2.79. The predicted octanol–water partition coefficient (Wildman–Crippen LogP) is 2.68. The average Bonchev–Trinajstić information content (AvgIpc) is 2.99. The number of carboxylic acid groups (broad SMARTS) is 1. The minimum absolute atomic E-state index is 0.0813. The number of nitrogens with one attached hydrogen (secondary N) is 1. The molecule has 0 spiro atoms. The van der Waals surface area contributed by atoms with Crippen LogP contribution in [0.1, 0.15) is 39.1 Å². The molecule has 2 atom stereocenters. The summed E-state index contributed by atoms with van der Waals surface area (Å²) in [5, 5.41) is 11.9. The van der Waals surface area contributed by atoms with Crippen LogP contribution in [0.25, 0.3) is 0 Å². The number of hydrogen-bond acceptors (Lipinski definition) is 3. The zero-order valence-corrected chi connectivity index (χ0v) is 12.7. The molecule has 1 heterocycles. The van der Waals surface area contributed by atoms with Crippen molar-refractivity contribution in [3.8, 4) is 5.75 Å². The molecular formula is C18H17NO4. The molecule has 0 aliphatic carbocycles. The highest BCUT2D eigenvalue weighted by atomic mass is 16.5. The third-order valence-electron chi connectivity index (χ3n) is 4.07. The van der Waals surface area contributed by atoms with E-state index < -0.39 is 5.97 Å². The molecule has 1 amide bonds. The molecule has 23 heavy (non-hydrogen) atoms. The number of hydrogen-bond donors (Lipinski definition) is 2. The van der Waals surface area contributed by atoms with Gasteiger partial charge in [0.1, 0.15) is 5.75 Å². The molecule has 5 nitrogen and oxygen atoms in total. The summed E-state index contributed by atoms with van der Waals surface area (Å²) in [6.45, 7) is 2.45. The Morgan fingerprint density at radius 3 is 2.70 bits per heavy atom. The van der Waals surface area contributed by atoms with E-state index in [-0.39, 0.29) is 23.4 Å². The molecule has 0 saturated carbocycles. The number of ether oxygens (including phenoxy) is 1. The number of carbonyl (C=O) groups excluding carboxylic acids is 1. The Hall–Kier alpha value is -2.82. The molecule has 2 aromatic carbocycles. The van der Waals surface area contributed by atoms with E-state index in [0.717, 1.165) is 11.3 Å². The molecule has 2 aromatic rings. The lowest BCUT2D eigenvalue weighted by atomic mass is 9.94. The summed E-state index contributed by atoms with van der Waals surface area (Å²) in [7, 11) is 0. The zero-order chi connectivity index (χ0) is 16.4. The Morgan fingerprint density at radius 1 is 1.17 bits per heavy atom. The lowest BCUT2D eigenvalue weighted by Gasteiger charge is -2.20. The van der Waals surface area contributed by atoms with Crippen molar-refractivity contribution in [1.29, 1.82) is 0 Å². The summed E-state index contributed by atoms with van der Waals surface area (Å²) in [6.07, 6.45) is 0. The Labute approximate surface area is 133 Å². The molecule has 0 aromatic heterocycles. The van der Waals surface area contributed by atoms with E-state index in [2.05, 4.69) is 5.32 Å². The Kier molecular flexibility index (Phi) is 4.02. The number of carbonyl (C=O) groups is 2. The lowest BCUT2D eigenvalue weighted by molar-refractivity contribution is 0.0697. The van der Waals surface area contributed by atoms with Crippen LogP contribution in [0.5, 0.6) is 5.75 Å². The van der Waals surface area contributed by atoms with Crippen LogP contribution in [0.15, 0.2) is 48.5 Å². The van der Waals surface area contributed by atoms with Crippen molar-refractivity contribution >= 4 is 11.9 Å². The summed E-state index contributed by atoms with van der Waals surface area (Å²) in [6, 6.07) is 13.7. The average molecular weight is 311 g/mol. The van der Waals surface area contributed by atoms with Crippen LogP contribution in [0.4, 0.5) is 0 Å². The van der Waals surface area contributed by atoms with Gasteiger partial charge in [-0.25, -0.2) is 4.79 Å². The van der Waals surface area contributed by atoms with Crippen molar-refractivity contribution in [2.75, 3.05) is 6.61 Å². The maximum Gasteiger partial charge on any atom is 0.335 e. The summed E-state index contributed by atoms with van der Waals surface area (Å²) in [5.41, 5.74) is 1.52. The predicted molar refractivity (Wildman–Crippen MR) is 85.0 cm³/mol. The first-order valence-corrected chi connectivity index (χ1v) is 7.42. The van der Waals surface area contributed by atoms with Crippen LogP contribution in [0, 0.1) is 0 Å². The molecule has 0 unspecified atom stereocenters. The van der Waals surface area contributed by atoms with Gasteiger partial charge in [-0.2, -0.15) is 0 Å². The number of carboxylic acids is 1. The highest BCUT2D eigenvalue weighted by Gasteiger charge is 2.29. The van der Waals surface area contributed by atoms with Gasteiger partial charge in [-0.05, 0) is 31.2 Å². The molecule has 3 rings (SSSR count). The smallest absolute Gasteiger partial charge is 0.335 e. The van der Waals surface area contributed by atoms with Crippen LogP contribution in [0.3, 0.4) is 0 Å². The Bertz CT molecular complexity index is 756. The second kappa shape index (κ2) is 6.12. The largest absolute Gasteiger partial charge is 0.493 e. The van der Waals surface area contributed by atoms with Crippen LogP contribution in [-0.2, 0) is 0 Å². The minimum atomic E-state index is -1.05. The van der Waals surface area contributed by atoms with Crippen LogP contribution in [0.2, 0.25) is 0 Å². The van der Waals surface area contributed by atoms with E-state index in [9.17, 15) is 9.59 Å². The molecular weight excluding hydrogens is 294 g/mol. The third-order valence-corrected chi connectivity index (χ3v) is 4.07. The van der Waals surface area contributed by atoms with Crippen LogP contribution >= 0.6 is 0 Å². The highest BCUT2D eigenvalue weighted by molar-refractivity contribution is 5.97. The van der Waals surface area contributed by atoms with Crippen molar-refractivity contribution < 1.29 is 19.4 Å². The van der Waals surface area contributed by atoms with Gasteiger partial charge in [0.15, 0.2) is 0 Å². The van der Waals surface area contributed by atoms with Crippen molar-refractivity contribution in [2.24, 2.45) is 0 Å². The van der Waals surface area contributed by atoms with Gasteiger partial charge in [0.2, 0.25) is 0 Å². The summed E-state index contributed by atoms with van der Waals surface area (Å²) < 4.78 is 5.64. The molecule has 0 fully saturated rings. The van der Waals surface area contributed by atoms with E-state index in [4.69, 9.17) is 9.84 Å². The van der Waals surface area contributed by atoms with Crippen molar-refractivity contribution in [2.45, 2.75) is 18.9 Å². The van der Waals surface area contributed by atoms with Crippen molar-refractivity contribution in [3.05, 3.63) is 65.2 Å². The topological polar surface area (TPSA) is 75.6 Å². The van der Waals surface area contributed by atoms with E-state index in [0.29, 0.717) is 12.2 Å². The third kappa shape index (κ3) is 3.04. The zero-order valence-electron chi connectivity index (χ0n) is 12.7. The molecule has 0 saturated heterocycles. The first-order chi connectivity index (χ1) is 11.1. The number of benzene rings is 2. The second-order valence-electron chi connectivity index (χ2n) is 5.60. The van der Waals surface area contributed by atoms with Crippen molar-refractivity contribution in [3.63, 3.8) is 0 Å². The van der Waals surface area contributed by atoms with E-state index in [1.165, 1.54) is 12.1 Å². The fourth-order valence-corrected chi connectivity index (χ4v) is 2.79. The molecule has 0 radical (unpaired) electrons. The first kappa shape index (κ1) is 15.1. The standard InChI is InChI=1S/C18H17NO4/c1-11(15-10-23-16-8-3-2-7-14(15)16)19-17(20)12-5-4-6-13(9-12)18(21)22/h2-9,11,15H,10H2,1H3,(H,19,20)(H,21,22)/t11-,15-/m0/s1. The fraction of sp³-hybridized carbons (Fsp3) is 0.222. The van der Waals surface area contributed by atoms with Gasteiger partial charge in [-0.3, -0.25) is 4.79 Å². The Morgan fingerprint density at radius 2 is 1.91 bits per heavy atom. The quantitative estimate of drug-likeness (QED) is 0.910. The number of rotatable bonds is 4. The van der Waals surface area contributed by atoms with Gasteiger partial charge >= 0.3 is 5.97 Å². The summed E-state index contributed by atoms with van der Waals surface area (Å²) >= 11 is 0. The number of fused-ring (bicyclic) bond motifs is 1. The van der Waals surface area contributed by atoms with Gasteiger partial charge < -0.3 is 15.2 Å². The van der Waals surface area contributed by atoms with Gasteiger partial charge in [0, 0.05) is 23.1 Å². The van der Waals surface area contributed by atoms with Gasteiger partial charge in [0.25, 0.3) is 5.91 Å². The van der Waals surface area contributed by atoms with Gasteiger partial charge in [-0.15, -0.1) is 0 Å². The molecule has 0 bridgehead atoms. The van der Waals surface area contributed by atoms with Crippen LogP contribution in [-0.4, -0.2) is 29.6 Å². The highest BCUT2D eigenvalue weighted by Crippen LogP contribution is 2.35. The molecule has 2 N–H and O–H groups in total. The van der Waals surface area contributed by atoms with E-state index in [1.807, 2.05) is 31.2 Å². The maximum atomic E-state index is 12.4. The summed E-state index contributed by atoms with van der Waals surface area (Å²) in [4.78, 5) is 23.3. The molecule has 1 aliphatic rings. The first-order valence-electron chi connectivity index (χ1n) is 7.42. The molecule has 1 aliphatic heterocycles. The van der Waals surface area contributed by atoms with Crippen LogP contribution < -0.4 is 10.1 Å². The molecule has 118 valence electrons. The summed E-state index contributed by atoms with van der Waals surface area (Å²) in [5.74, 6) is -0.403. The normalized spacial score (nSPS) is 17.0. The SMILES string of the molecule is C[C@H](NC(=O)c1cccc(C(=O)O)c1)[C@@H]1COc2ccccc21. The van der Waals surface area contributed by atoms with Gasteiger partial charge in [-0.1, -0.05) is 24.3 Å².